The van der Waals surface area contributed by atoms with Gasteiger partial charge in [-0.05, 0) is 30.5 Å². The maximum Gasteiger partial charge on any atom is 0.242 e. The maximum absolute atomic E-state index is 12.0. The van der Waals surface area contributed by atoms with Gasteiger partial charge in [0.25, 0.3) is 0 Å². The van der Waals surface area contributed by atoms with E-state index in [0.717, 1.165) is 22.0 Å². The lowest BCUT2D eigenvalue weighted by atomic mass is 10.1. The van der Waals surface area contributed by atoms with Gasteiger partial charge in [-0.1, -0.05) is 48.0 Å². The molecular weight excluding hydrogens is 314 g/mol. The number of fused-ring (bicyclic) bond motifs is 1. The van der Waals surface area contributed by atoms with Crippen molar-refractivity contribution in [2.45, 2.75) is 26.2 Å². The van der Waals surface area contributed by atoms with Gasteiger partial charge in [-0.25, -0.2) is 0 Å². The molecule has 0 aliphatic rings. The molecule has 25 heavy (non-hydrogen) atoms. The van der Waals surface area contributed by atoms with Gasteiger partial charge < -0.3 is 4.98 Å². The van der Waals surface area contributed by atoms with Crippen LogP contribution in [-0.4, -0.2) is 16.8 Å². The van der Waals surface area contributed by atoms with Gasteiger partial charge in [0, 0.05) is 23.5 Å². The predicted molar refractivity (Wildman–Crippen MR) is 97.8 cm³/mol. The van der Waals surface area contributed by atoms with Gasteiger partial charge >= 0.3 is 0 Å². The highest BCUT2D eigenvalue weighted by atomic mass is 16.2. The van der Waals surface area contributed by atoms with E-state index in [-0.39, 0.29) is 18.2 Å². The normalized spacial score (nSPS) is 10.6. The fourth-order valence-electron chi connectivity index (χ4n) is 2.71. The van der Waals surface area contributed by atoms with Crippen LogP contribution in [-0.2, 0) is 22.4 Å². The summed E-state index contributed by atoms with van der Waals surface area (Å²) in [6.07, 6.45) is 3.01. The van der Waals surface area contributed by atoms with E-state index in [1.165, 1.54) is 5.56 Å². The van der Waals surface area contributed by atoms with E-state index in [9.17, 15) is 9.59 Å². The van der Waals surface area contributed by atoms with Crippen molar-refractivity contribution in [3.8, 4) is 0 Å². The zero-order valence-electron chi connectivity index (χ0n) is 14.1. The molecular formula is C20H21N3O2. The first kappa shape index (κ1) is 16.8. The van der Waals surface area contributed by atoms with E-state index in [2.05, 4.69) is 15.8 Å². The van der Waals surface area contributed by atoms with Gasteiger partial charge in [0.05, 0.1) is 6.42 Å². The number of hydrogen-bond donors (Lipinski definition) is 3. The standard InChI is InChI=1S/C20H21N3O2/c1-14-6-8-15(9-7-14)10-11-19(24)22-23-20(25)12-16-13-21-18-5-3-2-4-17(16)18/h2-9,13,21H,10-12H2,1H3,(H,22,24)(H,23,25). The van der Waals surface area contributed by atoms with E-state index in [1.807, 2.05) is 61.7 Å². The van der Waals surface area contributed by atoms with Crippen LogP contribution in [0.25, 0.3) is 10.9 Å². The minimum absolute atomic E-state index is 0.201. The van der Waals surface area contributed by atoms with Crippen LogP contribution >= 0.6 is 0 Å². The first-order valence-corrected chi connectivity index (χ1v) is 8.30. The lowest BCUT2D eigenvalue weighted by molar-refractivity contribution is -0.128. The summed E-state index contributed by atoms with van der Waals surface area (Å²) in [7, 11) is 0. The number of benzene rings is 2. The average Bonchev–Trinajstić information content (AvgIpc) is 3.02. The molecule has 5 nitrogen and oxygen atoms in total. The topological polar surface area (TPSA) is 74.0 Å². The molecule has 3 aromatic rings. The Hall–Kier alpha value is -3.08. The van der Waals surface area contributed by atoms with E-state index < -0.39 is 0 Å². The number of rotatable bonds is 5. The van der Waals surface area contributed by atoms with Crippen LogP contribution in [0.15, 0.2) is 54.7 Å². The molecule has 0 saturated carbocycles. The summed E-state index contributed by atoms with van der Waals surface area (Å²) < 4.78 is 0. The summed E-state index contributed by atoms with van der Waals surface area (Å²) in [6.45, 7) is 2.03. The highest BCUT2D eigenvalue weighted by Crippen LogP contribution is 2.17. The molecule has 0 saturated heterocycles. The van der Waals surface area contributed by atoms with Gasteiger partial charge in [-0.2, -0.15) is 0 Å². The molecule has 1 aromatic heterocycles. The van der Waals surface area contributed by atoms with Crippen molar-refractivity contribution in [3.05, 3.63) is 71.4 Å². The molecule has 5 heteroatoms. The Morgan fingerprint density at radius 3 is 2.48 bits per heavy atom. The van der Waals surface area contributed by atoms with Crippen molar-refractivity contribution in [2.75, 3.05) is 0 Å². The molecule has 0 spiro atoms. The lowest BCUT2D eigenvalue weighted by Gasteiger charge is -2.07. The van der Waals surface area contributed by atoms with Crippen LogP contribution in [0, 0.1) is 6.92 Å². The molecule has 3 rings (SSSR count). The smallest absolute Gasteiger partial charge is 0.242 e. The molecule has 2 aromatic carbocycles. The van der Waals surface area contributed by atoms with Gasteiger partial charge in [0.2, 0.25) is 11.8 Å². The molecule has 0 aliphatic heterocycles. The largest absolute Gasteiger partial charge is 0.361 e. The Bertz CT molecular complexity index is 881. The number of hydrogen-bond acceptors (Lipinski definition) is 2. The third-order valence-electron chi connectivity index (χ3n) is 4.13. The van der Waals surface area contributed by atoms with E-state index in [4.69, 9.17) is 0 Å². The lowest BCUT2D eigenvalue weighted by Crippen LogP contribution is -2.42. The number of carbonyl (C=O) groups is 2. The zero-order chi connectivity index (χ0) is 17.6. The van der Waals surface area contributed by atoms with Gasteiger partial charge in [0.1, 0.15) is 0 Å². The van der Waals surface area contributed by atoms with Crippen molar-refractivity contribution >= 4 is 22.7 Å². The van der Waals surface area contributed by atoms with Crippen LogP contribution in [0.5, 0.6) is 0 Å². The van der Waals surface area contributed by atoms with Crippen molar-refractivity contribution in [1.82, 2.24) is 15.8 Å². The summed E-state index contributed by atoms with van der Waals surface area (Å²) in [4.78, 5) is 27.0. The third-order valence-corrected chi connectivity index (χ3v) is 4.13. The fourth-order valence-corrected chi connectivity index (χ4v) is 2.71. The number of aromatic nitrogens is 1. The van der Waals surface area contributed by atoms with Gasteiger partial charge in [-0.15, -0.1) is 0 Å². The fraction of sp³-hybridized carbons (Fsp3) is 0.200. The Kier molecular flexibility index (Phi) is 5.14. The minimum atomic E-state index is -0.242. The first-order chi connectivity index (χ1) is 12.1. The number of nitrogens with one attached hydrogen (secondary N) is 3. The van der Waals surface area contributed by atoms with Crippen LogP contribution < -0.4 is 10.9 Å². The zero-order valence-corrected chi connectivity index (χ0v) is 14.1. The summed E-state index contributed by atoms with van der Waals surface area (Å²) in [5.41, 5.74) is 9.15. The quantitative estimate of drug-likeness (QED) is 0.627. The Morgan fingerprint density at radius 1 is 0.960 bits per heavy atom. The maximum atomic E-state index is 12.0. The number of para-hydroxylation sites is 1. The number of aromatic amines is 1. The molecule has 0 unspecified atom stereocenters. The molecule has 0 atom stereocenters. The van der Waals surface area contributed by atoms with E-state index in [1.54, 1.807) is 0 Å². The van der Waals surface area contributed by atoms with E-state index in [0.29, 0.717) is 12.8 Å². The molecule has 0 fully saturated rings. The Labute approximate surface area is 146 Å². The summed E-state index contributed by atoms with van der Waals surface area (Å²) in [5.74, 6) is -0.443. The molecule has 0 radical (unpaired) electrons. The van der Waals surface area contributed by atoms with Crippen LogP contribution in [0.2, 0.25) is 0 Å². The highest BCUT2D eigenvalue weighted by molar-refractivity contribution is 5.89. The number of H-pyrrole nitrogens is 1. The van der Waals surface area contributed by atoms with Gasteiger partial charge in [-0.3, -0.25) is 20.4 Å². The van der Waals surface area contributed by atoms with Crippen molar-refractivity contribution in [2.24, 2.45) is 0 Å². The molecule has 0 aliphatic carbocycles. The number of carbonyl (C=O) groups excluding carboxylic acids is 2. The molecule has 2 amide bonds. The summed E-state index contributed by atoms with van der Waals surface area (Å²) in [6, 6.07) is 15.9. The Balaban J connectivity index is 1.45. The third kappa shape index (κ3) is 4.47. The number of hydrazine groups is 1. The molecule has 128 valence electrons. The second-order valence-electron chi connectivity index (χ2n) is 6.12. The number of amides is 2. The molecule has 0 bridgehead atoms. The van der Waals surface area contributed by atoms with Gasteiger partial charge in [0.15, 0.2) is 0 Å². The second-order valence-corrected chi connectivity index (χ2v) is 6.12. The van der Waals surface area contributed by atoms with Crippen LogP contribution in [0.3, 0.4) is 0 Å². The molecule has 1 heterocycles. The minimum Gasteiger partial charge on any atom is -0.361 e. The monoisotopic (exact) mass is 335 g/mol. The van der Waals surface area contributed by atoms with Crippen molar-refractivity contribution in [3.63, 3.8) is 0 Å². The van der Waals surface area contributed by atoms with E-state index >= 15 is 0 Å². The average molecular weight is 335 g/mol. The van der Waals surface area contributed by atoms with Crippen LogP contribution in [0.4, 0.5) is 0 Å². The van der Waals surface area contributed by atoms with Crippen molar-refractivity contribution < 1.29 is 9.59 Å². The SMILES string of the molecule is Cc1ccc(CCC(=O)NNC(=O)Cc2c[nH]c3ccccc23)cc1. The highest BCUT2D eigenvalue weighted by Gasteiger charge is 2.09. The number of aryl methyl sites for hydroxylation is 2. The summed E-state index contributed by atoms with van der Waals surface area (Å²) >= 11 is 0. The first-order valence-electron chi connectivity index (χ1n) is 8.30. The van der Waals surface area contributed by atoms with Crippen molar-refractivity contribution in [1.29, 1.82) is 0 Å². The van der Waals surface area contributed by atoms with Crippen LogP contribution in [0.1, 0.15) is 23.1 Å². The molecule has 3 N–H and O–H groups in total. The predicted octanol–water partition coefficient (Wildman–Crippen LogP) is 2.80. The second kappa shape index (κ2) is 7.66. The summed E-state index contributed by atoms with van der Waals surface area (Å²) in [5, 5.41) is 1.02. The Morgan fingerprint density at radius 2 is 1.68 bits per heavy atom.